The summed E-state index contributed by atoms with van der Waals surface area (Å²) in [5.41, 5.74) is 3.36. The van der Waals surface area contributed by atoms with Crippen molar-refractivity contribution >= 4 is 23.4 Å². The van der Waals surface area contributed by atoms with E-state index in [1.807, 2.05) is 25.2 Å². The Bertz CT molecular complexity index is 1090. The van der Waals surface area contributed by atoms with Crippen LogP contribution in [0, 0.1) is 0 Å². The zero-order valence-electron chi connectivity index (χ0n) is 18.0. The van der Waals surface area contributed by atoms with Crippen molar-refractivity contribution in [2.24, 2.45) is 0 Å². The minimum atomic E-state index is -0.284. The van der Waals surface area contributed by atoms with Crippen molar-refractivity contribution < 1.29 is 14.4 Å². The molecule has 0 aromatic heterocycles. The fourth-order valence-corrected chi connectivity index (χ4v) is 3.76. The van der Waals surface area contributed by atoms with Crippen LogP contribution in [-0.4, -0.2) is 42.8 Å². The maximum Gasteiger partial charge on any atom is 0.261 e. The number of hydrogen-bond acceptors (Lipinski definition) is 4. The first-order chi connectivity index (χ1) is 15.5. The minimum Gasteiger partial charge on any atom is -0.375 e. The van der Waals surface area contributed by atoms with Crippen molar-refractivity contribution in [3.05, 3.63) is 101 Å². The number of carbonyl (C=O) groups is 3. The topological polar surface area (TPSA) is 69.7 Å². The summed E-state index contributed by atoms with van der Waals surface area (Å²) in [6.45, 7) is 1.59. The SMILES string of the molecule is CN(CCCNC(=O)c1ccc(CN2C(=O)c3ccccc3C2=O)cc1)c1ccccc1. The zero-order chi connectivity index (χ0) is 22.5. The van der Waals surface area contributed by atoms with Gasteiger partial charge in [0.05, 0.1) is 17.7 Å². The molecule has 1 heterocycles. The summed E-state index contributed by atoms with van der Waals surface area (Å²) in [4.78, 5) is 40.8. The quantitative estimate of drug-likeness (QED) is 0.439. The summed E-state index contributed by atoms with van der Waals surface area (Å²) in [6, 6.07) is 24.0. The first-order valence-corrected chi connectivity index (χ1v) is 10.6. The maximum atomic E-state index is 12.5. The van der Waals surface area contributed by atoms with Gasteiger partial charge in [0.25, 0.3) is 17.7 Å². The van der Waals surface area contributed by atoms with Crippen molar-refractivity contribution in [1.29, 1.82) is 0 Å². The smallest absolute Gasteiger partial charge is 0.261 e. The van der Waals surface area contributed by atoms with E-state index in [1.54, 1.807) is 48.5 Å². The molecule has 0 saturated carbocycles. The molecule has 0 saturated heterocycles. The van der Waals surface area contributed by atoms with Crippen LogP contribution in [0.5, 0.6) is 0 Å². The summed E-state index contributed by atoms with van der Waals surface area (Å²) in [6.07, 6.45) is 0.828. The molecule has 1 aliphatic rings. The predicted molar refractivity (Wildman–Crippen MR) is 124 cm³/mol. The van der Waals surface area contributed by atoms with E-state index in [0.717, 1.165) is 24.2 Å². The number of rotatable bonds is 8. The Morgan fingerprint density at radius 3 is 2.06 bits per heavy atom. The average Bonchev–Trinajstić information content (AvgIpc) is 3.07. The molecule has 0 fully saturated rings. The maximum absolute atomic E-state index is 12.5. The van der Waals surface area contributed by atoms with Crippen LogP contribution >= 0.6 is 0 Å². The molecule has 6 nitrogen and oxygen atoms in total. The van der Waals surface area contributed by atoms with Gasteiger partial charge in [-0.3, -0.25) is 19.3 Å². The summed E-state index contributed by atoms with van der Waals surface area (Å²) in [5.74, 6) is -0.708. The molecule has 3 aromatic carbocycles. The lowest BCUT2D eigenvalue weighted by atomic mass is 10.1. The van der Waals surface area contributed by atoms with Crippen LogP contribution in [0.25, 0.3) is 0 Å². The summed E-state index contributed by atoms with van der Waals surface area (Å²) >= 11 is 0. The van der Waals surface area contributed by atoms with Gasteiger partial charge >= 0.3 is 0 Å². The van der Waals surface area contributed by atoms with Crippen LogP contribution in [0.4, 0.5) is 5.69 Å². The molecule has 162 valence electrons. The average molecular weight is 428 g/mol. The molecule has 0 aliphatic carbocycles. The van der Waals surface area contributed by atoms with Crippen molar-refractivity contribution in [2.75, 3.05) is 25.0 Å². The van der Waals surface area contributed by atoms with Gasteiger partial charge in [-0.1, -0.05) is 42.5 Å². The number of amides is 3. The number of para-hydroxylation sites is 1. The van der Waals surface area contributed by atoms with Crippen LogP contribution in [0.3, 0.4) is 0 Å². The fraction of sp³-hybridized carbons (Fsp3) is 0.192. The van der Waals surface area contributed by atoms with Gasteiger partial charge in [-0.25, -0.2) is 0 Å². The van der Waals surface area contributed by atoms with Gasteiger partial charge in [-0.05, 0) is 48.4 Å². The fourth-order valence-electron chi connectivity index (χ4n) is 3.76. The van der Waals surface area contributed by atoms with E-state index < -0.39 is 0 Å². The third-order valence-corrected chi connectivity index (χ3v) is 5.59. The lowest BCUT2D eigenvalue weighted by Crippen LogP contribution is -2.29. The van der Waals surface area contributed by atoms with Crippen molar-refractivity contribution in [3.63, 3.8) is 0 Å². The Balaban J connectivity index is 1.27. The molecule has 1 N–H and O–H groups in total. The van der Waals surface area contributed by atoms with Crippen LogP contribution in [0.2, 0.25) is 0 Å². The molecule has 32 heavy (non-hydrogen) atoms. The van der Waals surface area contributed by atoms with Gasteiger partial charge < -0.3 is 10.2 Å². The third-order valence-electron chi connectivity index (χ3n) is 5.59. The highest BCUT2D eigenvalue weighted by molar-refractivity contribution is 6.21. The molecule has 3 aromatic rings. The molecule has 4 rings (SSSR count). The van der Waals surface area contributed by atoms with E-state index >= 15 is 0 Å². The summed E-state index contributed by atoms with van der Waals surface area (Å²) < 4.78 is 0. The first kappa shape index (κ1) is 21.3. The molecular weight excluding hydrogens is 402 g/mol. The van der Waals surface area contributed by atoms with E-state index in [-0.39, 0.29) is 24.3 Å². The molecular formula is C26H25N3O3. The second-order valence-electron chi connectivity index (χ2n) is 7.81. The standard InChI is InChI=1S/C26H25N3O3/c1-28(21-8-3-2-4-9-21)17-7-16-27-24(30)20-14-12-19(13-15-20)18-29-25(31)22-10-5-6-11-23(22)26(29)32/h2-6,8-15H,7,16-18H2,1H3,(H,27,30). The Morgan fingerprint density at radius 2 is 1.44 bits per heavy atom. The van der Waals surface area contributed by atoms with E-state index in [4.69, 9.17) is 0 Å². The molecule has 3 amide bonds. The van der Waals surface area contributed by atoms with Crippen LogP contribution < -0.4 is 10.2 Å². The summed E-state index contributed by atoms with van der Waals surface area (Å²) in [7, 11) is 2.03. The Kier molecular flexibility index (Phi) is 6.31. The lowest BCUT2D eigenvalue weighted by Gasteiger charge is -2.19. The second kappa shape index (κ2) is 9.47. The van der Waals surface area contributed by atoms with Gasteiger partial charge in [0.15, 0.2) is 0 Å². The van der Waals surface area contributed by atoms with E-state index in [0.29, 0.717) is 23.2 Å². The Labute approximate surface area is 187 Å². The molecule has 0 radical (unpaired) electrons. The van der Waals surface area contributed by atoms with Gasteiger partial charge in [0, 0.05) is 31.4 Å². The van der Waals surface area contributed by atoms with Crippen LogP contribution in [0.1, 0.15) is 43.1 Å². The number of benzene rings is 3. The molecule has 0 spiro atoms. The predicted octanol–water partition coefficient (Wildman–Crippen LogP) is 3.74. The largest absolute Gasteiger partial charge is 0.375 e. The highest BCUT2D eigenvalue weighted by Crippen LogP contribution is 2.24. The minimum absolute atomic E-state index is 0.139. The van der Waals surface area contributed by atoms with Gasteiger partial charge in [-0.15, -0.1) is 0 Å². The van der Waals surface area contributed by atoms with Gasteiger partial charge in [0.1, 0.15) is 0 Å². The van der Waals surface area contributed by atoms with Crippen molar-refractivity contribution in [3.8, 4) is 0 Å². The molecule has 6 heteroatoms. The number of carbonyl (C=O) groups excluding carboxylic acids is 3. The number of anilines is 1. The molecule has 1 aliphatic heterocycles. The Morgan fingerprint density at radius 1 is 0.844 bits per heavy atom. The summed E-state index contributed by atoms with van der Waals surface area (Å²) in [5, 5.41) is 2.94. The second-order valence-corrected chi connectivity index (χ2v) is 7.81. The number of nitrogens with one attached hydrogen (secondary N) is 1. The van der Waals surface area contributed by atoms with E-state index in [9.17, 15) is 14.4 Å². The number of fused-ring (bicyclic) bond motifs is 1. The number of hydrogen-bond donors (Lipinski definition) is 1. The van der Waals surface area contributed by atoms with Gasteiger partial charge in [-0.2, -0.15) is 0 Å². The van der Waals surface area contributed by atoms with Crippen LogP contribution in [0.15, 0.2) is 78.9 Å². The normalized spacial score (nSPS) is 12.6. The first-order valence-electron chi connectivity index (χ1n) is 10.6. The number of imide groups is 1. The molecule has 0 unspecified atom stereocenters. The zero-order valence-corrected chi connectivity index (χ0v) is 18.0. The monoisotopic (exact) mass is 427 g/mol. The van der Waals surface area contributed by atoms with E-state index in [1.165, 1.54) is 4.90 Å². The lowest BCUT2D eigenvalue weighted by molar-refractivity contribution is 0.0641. The highest BCUT2D eigenvalue weighted by Gasteiger charge is 2.34. The highest BCUT2D eigenvalue weighted by atomic mass is 16.2. The Hall–Kier alpha value is -3.93. The van der Waals surface area contributed by atoms with Crippen molar-refractivity contribution in [2.45, 2.75) is 13.0 Å². The number of nitrogens with zero attached hydrogens (tertiary/aromatic N) is 2. The van der Waals surface area contributed by atoms with Crippen LogP contribution in [-0.2, 0) is 6.54 Å². The van der Waals surface area contributed by atoms with Crippen molar-refractivity contribution in [1.82, 2.24) is 10.2 Å². The third kappa shape index (κ3) is 4.54. The molecule has 0 bridgehead atoms. The molecule has 0 atom stereocenters. The van der Waals surface area contributed by atoms with Gasteiger partial charge in [0.2, 0.25) is 0 Å². The van der Waals surface area contributed by atoms with E-state index in [2.05, 4.69) is 22.3 Å².